The van der Waals surface area contributed by atoms with Crippen LogP contribution in [0.15, 0.2) is 92.6 Å². The molecule has 0 bridgehead atoms. The molecule has 0 atom stereocenters. The van der Waals surface area contributed by atoms with Gasteiger partial charge in [-0.25, -0.2) is 8.42 Å². The number of aromatic nitrogens is 2. The van der Waals surface area contributed by atoms with E-state index in [1.54, 1.807) is 12.1 Å². The molecule has 0 aliphatic carbocycles. The number of sulfonamides is 1. The summed E-state index contributed by atoms with van der Waals surface area (Å²) in [5, 5.41) is 11.1. The molecular weight excluding hydrogens is 508 g/mol. The number of ether oxygens (including phenoxy) is 1. The number of anilines is 1. The van der Waals surface area contributed by atoms with Gasteiger partial charge in [-0.1, -0.05) is 47.6 Å². The fourth-order valence-corrected chi connectivity index (χ4v) is 5.00. The minimum absolute atomic E-state index is 0.0730. The number of fused-ring (bicyclic) bond motifs is 1. The van der Waals surface area contributed by atoms with Crippen molar-refractivity contribution in [2.45, 2.75) is 18.4 Å². The van der Waals surface area contributed by atoms with E-state index in [0.717, 1.165) is 10.9 Å². The van der Waals surface area contributed by atoms with Crippen LogP contribution in [-0.2, 0) is 16.6 Å². The van der Waals surface area contributed by atoms with Crippen molar-refractivity contribution in [3.8, 4) is 17.4 Å². The molecule has 2 heterocycles. The third-order valence-electron chi connectivity index (χ3n) is 5.74. The lowest BCUT2D eigenvalue weighted by molar-refractivity contribution is 0.102. The highest BCUT2D eigenvalue weighted by Gasteiger charge is 2.22. The Bertz CT molecular complexity index is 1680. The number of benzene rings is 3. The number of nitrogens with zero attached hydrogens (tertiary/aromatic N) is 3. The molecule has 0 saturated carbocycles. The van der Waals surface area contributed by atoms with Crippen LogP contribution in [0.25, 0.3) is 22.6 Å². The molecule has 0 fully saturated rings. The van der Waals surface area contributed by atoms with Crippen molar-refractivity contribution in [3.05, 3.63) is 90.0 Å². The van der Waals surface area contributed by atoms with Crippen LogP contribution in [0, 0.1) is 0 Å². The van der Waals surface area contributed by atoms with Crippen molar-refractivity contribution in [3.63, 3.8) is 0 Å². The first-order valence-electron chi connectivity index (χ1n) is 11.8. The van der Waals surface area contributed by atoms with Crippen molar-refractivity contribution in [2.24, 2.45) is 0 Å². The third-order valence-corrected chi connectivity index (χ3v) is 7.55. The Morgan fingerprint density at radius 1 is 0.974 bits per heavy atom. The lowest BCUT2D eigenvalue weighted by atomic mass is 10.2. The van der Waals surface area contributed by atoms with Gasteiger partial charge in [0.15, 0.2) is 17.1 Å². The molecule has 0 aliphatic rings. The zero-order valence-electron chi connectivity index (χ0n) is 20.6. The van der Waals surface area contributed by atoms with E-state index < -0.39 is 15.9 Å². The van der Waals surface area contributed by atoms with Gasteiger partial charge in [-0.3, -0.25) is 10.1 Å². The van der Waals surface area contributed by atoms with E-state index in [-0.39, 0.29) is 28.9 Å². The van der Waals surface area contributed by atoms with Crippen LogP contribution >= 0.6 is 0 Å². The van der Waals surface area contributed by atoms with E-state index in [1.807, 2.05) is 49.4 Å². The van der Waals surface area contributed by atoms with Gasteiger partial charge in [0, 0.05) is 24.5 Å². The van der Waals surface area contributed by atoms with Crippen LogP contribution in [0.4, 0.5) is 6.01 Å². The number of hydrogen-bond donors (Lipinski definition) is 1. The number of carbonyl (C=O) groups is 1. The first-order chi connectivity index (χ1) is 18.3. The standard InChI is InChI=1S/C27H24N4O6S/c1-3-35-22-11-7-10-20-16-23(36-24(20)22)26-29-30-27(37-26)28-25(32)19-12-14-21(15-13-19)38(33,34)31(2)17-18-8-5-4-6-9-18/h4-16H,3,17H2,1-2H3,(H,28,30,32). The molecule has 11 heteroatoms. The van der Waals surface area contributed by atoms with Gasteiger partial charge in [-0.15, -0.1) is 5.10 Å². The van der Waals surface area contributed by atoms with Crippen LogP contribution < -0.4 is 10.1 Å². The van der Waals surface area contributed by atoms with Crippen LogP contribution in [0.5, 0.6) is 5.75 Å². The van der Waals surface area contributed by atoms with Crippen LogP contribution in [0.3, 0.4) is 0 Å². The third kappa shape index (κ3) is 5.15. The van der Waals surface area contributed by atoms with E-state index in [0.29, 0.717) is 23.7 Å². The van der Waals surface area contributed by atoms with Crippen molar-refractivity contribution >= 4 is 32.9 Å². The van der Waals surface area contributed by atoms with E-state index in [1.165, 1.54) is 35.6 Å². The fraction of sp³-hybridized carbons (Fsp3) is 0.148. The molecule has 5 rings (SSSR count). The Kier molecular flexibility index (Phi) is 6.95. The summed E-state index contributed by atoms with van der Waals surface area (Å²) in [5.74, 6) is 0.474. The summed E-state index contributed by atoms with van der Waals surface area (Å²) in [4.78, 5) is 12.8. The van der Waals surface area contributed by atoms with Crippen LogP contribution in [-0.4, -0.2) is 42.5 Å². The molecule has 1 N–H and O–H groups in total. The molecule has 0 saturated heterocycles. The van der Waals surface area contributed by atoms with E-state index in [2.05, 4.69) is 15.5 Å². The molecule has 194 valence electrons. The number of furan rings is 1. The second-order valence-corrected chi connectivity index (χ2v) is 10.4. The number of para-hydroxylation sites is 1. The molecule has 10 nitrogen and oxygen atoms in total. The lowest BCUT2D eigenvalue weighted by Crippen LogP contribution is -2.26. The number of amides is 1. The molecule has 1 amide bonds. The molecule has 0 spiro atoms. The van der Waals surface area contributed by atoms with E-state index in [4.69, 9.17) is 13.6 Å². The summed E-state index contributed by atoms with van der Waals surface area (Å²) in [6.07, 6.45) is 0. The van der Waals surface area contributed by atoms with Gasteiger partial charge in [0.05, 0.1) is 11.5 Å². The van der Waals surface area contributed by atoms with Crippen molar-refractivity contribution < 1.29 is 26.8 Å². The number of hydrogen-bond acceptors (Lipinski definition) is 8. The van der Waals surface area contributed by atoms with Gasteiger partial charge in [0.1, 0.15) is 0 Å². The number of carbonyl (C=O) groups excluding carboxylic acids is 1. The van der Waals surface area contributed by atoms with E-state index in [9.17, 15) is 13.2 Å². The molecule has 38 heavy (non-hydrogen) atoms. The summed E-state index contributed by atoms with van der Waals surface area (Å²) in [6, 6.07) is 22.0. The zero-order chi connectivity index (χ0) is 26.7. The monoisotopic (exact) mass is 532 g/mol. The lowest BCUT2D eigenvalue weighted by Gasteiger charge is -2.17. The van der Waals surface area contributed by atoms with Gasteiger partial charge in [0.25, 0.3) is 11.8 Å². The minimum atomic E-state index is -3.74. The Balaban J connectivity index is 1.27. The summed E-state index contributed by atoms with van der Waals surface area (Å²) in [7, 11) is -2.23. The zero-order valence-corrected chi connectivity index (χ0v) is 21.4. The maximum Gasteiger partial charge on any atom is 0.322 e. The van der Waals surface area contributed by atoms with Gasteiger partial charge in [0.2, 0.25) is 10.0 Å². The smallest absolute Gasteiger partial charge is 0.322 e. The average molecular weight is 533 g/mol. The molecule has 3 aromatic carbocycles. The first-order valence-corrected chi connectivity index (χ1v) is 13.2. The topological polar surface area (TPSA) is 128 Å². The molecule has 0 unspecified atom stereocenters. The Labute approximate surface area is 218 Å². The normalized spacial score (nSPS) is 11.7. The quantitative estimate of drug-likeness (QED) is 0.282. The summed E-state index contributed by atoms with van der Waals surface area (Å²) in [6.45, 7) is 2.60. The predicted molar refractivity (Wildman–Crippen MR) is 140 cm³/mol. The average Bonchev–Trinajstić information content (AvgIpc) is 3.57. The Morgan fingerprint density at radius 2 is 1.74 bits per heavy atom. The van der Waals surface area contributed by atoms with Crippen molar-refractivity contribution in [1.82, 2.24) is 14.5 Å². The van der Waals surface area contributed by atoms with E-state index >= 15 is 0 Å². The van der Waals surface area contributed by atoms with Gasteiger partial charge in [-0.2, -0.15) is 4.31 Å². The maximum absolute atomic E-state index is 12.9. The maximum atomic E-state index is 12.9. The Morgan fingerprint density at radius 3 is 2.47 bits per heavy atom. The highest BCUT2D eigenvalue weighted by atomic mass is 32.2. The highest BCUT2D eigenvalue weighted by Crippen LogP contribution is 2.33. The first kappa shape index (κ1) is 25.2. The largest absolute Gasteiger partial charge is 0.490 e. The highest BCUT2D eigenvalue weighted by molar-refractivity contribution is 7.89. The summed E-state index contributed by atoms with van der Waals surface area (Å²) < 4.78 is 44.1. The second-order valence-electron chi connectivity index (χ2n) is 8.36. The van der Waals surface area contributed by atoms with Gasteiger partial charge < -0.3 is 13.6 Å². The van der Waals surface area contributed by atoms with Gasteiger partial charge in [-0.05, 0) is 48.9 Å². The summed E-state index contributed by atoms with van der Waals surface area (Å²) >= 11 is 0. The minimum Gasteiger partial charge on any atom is -0.490 e. The van der Waals surface area contributed by atoms with Crippen LogP contribution in [0.1, 0.15) is 22.8 Å². The predicted octanol–water partition coefficient (Wildman–Crippen LogP) is 4.95. The molecule has 2 aromatic heterocycles. The number of rotatable bonds is 9. The molecule has 5 aromatic rings. The molecule has 0 radical (unpaired) electrons. The van der Waals surface area contributed by atoms with Crippen molar-refractivity contribution in [1.29, 1.82) is 0 Å². The number of nitrogens with one attached hydrogen (secondary N) is 1. The van der Waals surface area contributed by atoms with Crippen molar-refractivity contribution in [2.75, 3.05) is 19.0 Å². The fourth-order valence-electron chi connectivity index (χ4n) is 3.84. The Hall–Kier alpha value is -4.48. The second kappa shape index (κ2) is 10.5. The summed E-state index contributed by atoms with van der Waals surface area (Å²) in [5.41, 5.74) is 1.64. The SMILES string of the molecule is CCOc1cccc2cc(-c3nnc(NC(=O)c4ccc(S(=O)(=O)N(C)Cc5ccccc5)cc4)o3)oc12. The molecular formula is C27H24N4O6S. The molecule has 0 aliphatic heterocycles. The van der Waals surface area contributed by atoms with Gasteiger partial charge >= 0.3 is 6.01 Å². The van der Waals surface area contributed by atoms with Crippen LogP contribution in [0.2, 0.25) is 0 Å².